The minimum absolute atomic E-state index is 0.0307. The molecule has 1 amide bonds. The molecule has 2 heterocycles. The molecular formula is C19H21N3OS2. The molecule has 6 heteroatoms. The number of nitrogens with zero attached hydrogens (tertiary/aromatic N) is 2. The van der Waals surface area contributed by atoms with Gasteiger partial charge in [0.15, 0.2) is 0 Å². The van der Waals surface area contributed by atoms with E-state index in [-0.39, 0.29) is 16.6 Å². The summed E-state index contributed by atoms with van der Waals surface area (Å²) < 4.78 is 1.03. The number of hydrogen-bond acceptors (Lipinski definition) is 5. The van der Waals surface area contributed by atoms with Crippen LogP contribution in [0.5, 0.6) is 0 Å². The molecule has 1 N–H and O–H groups in total. The van der Waals surface area contributed by atoms with Gasteiger partial charge in [-0.15, -0.1) is 11.3 Å². The van der Waals surface area contributed by atoms with E-state index < -0.39 is 0 Å². The molecule has 25 heavy (non-hydrogen) atoms. The van der Waals surface area contributed by atoms with Crippen LogP contribution in [0.4, 0.5) is 5.69 Å². The monoisotopic (exact) mass is 371 g/mol. The quantitative estimate of drug-likeness (QED) is 0.511. The number of carbonyl (C=O) groups is 1. The Kier molecular flexibility index (Phi) is 5.11. The van der Waals surface area contributed by atoms with Crippen molar-refractivity contribution in [1.82, 2.24) is 9.97 Å². The molecule has 0 aliphatic carbocycles. The van der Waals surface area contributed by atoms with Gasteiger partial charge in [-0.2, -0.15) is 0 Å². The van der Waals surface area contributed by atoms with Crippen LogP contribution in [0.1, 0.15) is 33.3 Å². The predicted molar refractivity (Wildman–Crippen MR) is 107 cm³/mol. The number of thioether (sulfide) groups is 1. The Bertz CT molecular complexity index is 882. The lowest BCUT2D eigenvalue weighted by molar-refractivity contribution is -0.115. The van der Waals surface area contributed by atoms with E-state index in [4.69, 9.17) is 0 Å². The maximum absolute atomic E-state index is 12.5. The maximum Gasteiger partial charge on any atom is 0.237 e. The van der Waals surface area contributed by atoms with Crippen LogP contribution in [-0.4, -0.2) is 21.1 Å². The van der Waals surface area contributed by atoms with Gasteiger partial charge < -0.3 is 5.32 Å². The highest BCUT2D eigenvalue weighted by Crippen LogP contribution is 2.31. The summed E-state index contributed by atoms with van der Waals surface area (Å²) >= 11 is 3.06. The lowest BCUT2D eigenvalue weighted by Crippen LogP contribution is -2.22. The Labute approximate surface area is 156 Å². The minimum atomic E-state index is -0.248. The number of thiophene rings is 1. The first kappa shape index (κ1) is 17.9. The topological polar surface area (TPSA) is 54.9 Å². The average Bonchev–Trinajstić information content (AvgIpc) is 3.04. The van der Waals surface area contributed by atoms with Gasteiger partial charge in [0, 0.05) is 5.69 Å². The molecule has 2 aromatic heterocycles. The van der Waals surface area contributed by atoms with Crippen LogP contribution in [0, 0.1) is 0 Å². The fraction of sp³-hybridized carbons (Fsp3) is 0.316. The van der Waals surface area contributed by atoms with Crippen molar-refractivity contribution in [2.24, 2.45) is 0 Å². The molecular weight excluding hydrogens is 350 g/mol. The molecule has 130 valence electrons. The highest BCUT2D eigenvalue weighted by molar-refractivity contribution is 8.00. The summed E-state index contributed by atoms with van der Waals surface area (Å²) in [6, 6.07) is 10.0. The van der Waals surface area contributed by atoms with E-state index in [0.29, 0.717) is 0 Å². The van der Waals surface area contributed by atoms with Crippen LogP contribution in [0.15, 0.2) is 47.1 Å². The zero-order valence-corrected chi connectivity index (χ0v) is 16.4. The second kappa shape index (κ2) is 7.14. The zero-order chi connectivity index (χ0) is 18.0. The van der Waals surface area contributed by atoms with Gasteiger partial charge in [-0.25, -0.2) is 9.97 Å². The highest BCUT2D eigenvalue weighted by Gasteiger charge is 2.18. The van der Waals surface area contributed by atoms with E-state index >= 15 is 0 Å². The molecule has 0 saturated heterocycles. The van der Waals surface area contributed by atoms with Crippen molar-refractivity contribution in [3.8, 4) is 0 Å². The third kappa shape index (κ3) is 4.19. The van der Waals surface area contributed by atoms with Crippen molar-refractivity contribution in [3.63, 3.8) is 0 Å². The molecule has 1 aromatic carbocycles. The molecule has 0 radical (unpaired) electrons. The Morgan fingerprint density at radius 1 is 1.16 bits per heavy atom. The Balaban J connectivity index is 1.67. The number of anilines is 1. The molecule has 1 atom stereocenters. The number of benzene rings is 1. The predicted octanol–water partition coefficient (Wildman–Crippen LogP) is 5.11. The molecule has 0 saturated carbocycles. The molecule has 1 unspecified atom stereocenters. The molecule has 0 spiro atoms. The molecule has 0 fully saturated rings. The number of hydrogen-bond donors (Lipinski definition) is 1. The molecule has 0 bridgehead atoms. The average molecular weight is 372 g/mol. The van der Waals surface area contributed by atoms with Crippen LogP contribution in [0.3, 0.4) is 0 Å². The maximum atomic E-state index is 12.5. The SMILES string of the molecule is CC(Sc1ncnc2ccsc12)C(=O)Nc1ccc(C(C)(C)C)cc1. The number of fused-ring (bicyclic) bond motifs is 1. The second-order valence-corrected chi connectivity index (χ2v) is 9.14. The van der Waals surface area contributed by atoms with Gasteiger partial charge in [0.2, 0.25) is 5.91 Å². The minimum Gasteiger partial charge on any atom is -0.325 e. The zero-order valence-electron chi connectivity index (χ0n) is 14.7. The van der Waals surface area contributed by atoms with Crippen molar-refractivity contribution in [2.45, 2.75) is 43.4 Å². The van der Waals surface area contributed by atoms with Crippen LogP contribution >= 0.6 is 23.1 Å². The number of carbonyl (C=O) groups excluding carboxylic acids is 1. The Morgan fingerprint density at radius 2 is 1.88 bits per heavy atom. The standard InChI is InChI=1S/C19H21N3OS2/c1-12(25-18-16-15(9-10-24-16)20-11-21-18)17(23)22-14-7-5-13(6-8-14)19(2,3)4/h5-12H,1-4H3,(H,22,23). The van der Waals surface area contributed by atoms with Gasteiger partial charge >= 0.3 is 0 Å². The third-order valence-corrected chi connectivity index (χ3v) is 6.03. The summed E-state index contributed by atoms with van der Waals surface area (Å²) in [7, 11) is 0. The molecule has 4 nitrogen and oxygen atoms in total. The van der Waals surface area contributed by atoms with Gasteiger partial charge in [-0.05, 0) is 41.5 Å². The summed E-state index contributed by atoms with van der Waals surface area (Å²) in [4.78, 5) is 21.1. The van der Waals surface area contributed by atoms with Crippen molar-refractivity contribution >= 4 is 44.9 Å². The molecule has 0 aliphatic heterocycles. The van der Waals surface area contributed by atoms with E-state index in [9.17, 15) is 4.79 Å². The number of aromatic nitrogens is 2. The smallest absolute Gasteiger partial charge is 0.237 e. The van der Waals surface area contributed by atoms with Gasteiger partial charge in [0.05, 0.1) is 15.5 Å². The fourth-order valence-corrected chi connectivity index (χ4v) is 4.21. The molecule has 3 aromatic rings. The first-order valence-corrected chi connectivity index (χ1v) is 9.87. The Morgan fingerprint density at radius 3 is 2.56 bits per heavy atom. The summed E-state index contributed by atoms with van der Waals surface area (Å²) in [6.45, 7) is 8.41. The number of amides is 1. The normalized spacial score (nSPS) is 13.0. The molecule has 0 aliphatic rings. The van der Waals surface area contributed by atoms with Gasteiger partial charge in [0.25, 0.3) is 0 Å². The van der Waals surface area contributed by atoms with Crippen LogP contribution in [-0.2, 0) is 10.2 Å². The van der Waals surface area contributed by atoms with E-state index in [1.165, 1.54) is 17.3 Å². The van der Waals surface area contributed by atoms with Gasteiger partial charge in [-0.1, -0.05) is 44.7 Å². The van der Waals surface area contributed by atoms with Crippen LogP contribution in [0.25, 0.3) is 10.2 Å². The second-order valence-electron chi connectivity index (χ2n) is 6.89. The lowest BCUT2D eigenvalue weighted by atomic mass is 9.87. The van der Waals surface area contributed by atoms with Gasteiger partial charge in [-0.3, -0.25) is 4.79 Å². The third-order valence-electron chi connectivity index (χ3n) is 3.89. The summed E-state index contributed by atoms with van der Waals surface area (Å²) in [5, 5.41) is 5.58. The number of nitrogens with one attached hydrogen (secondary N) is 1. The van der Waals surface area contributed by atoms with E-state index in [0.717, 1.165) is 20.9 Å². The largest absolute Gasteiger partial charge is 0.325 e. The van der Waals surface area contributed by atoms with Crippen molar-refractivity contribution in [1.29, 1.82) is 0 Å². The van der Waals surface area contributed by atoms with E-state index in [1.807, 2.05) is 30.5 Å². The van der Waals surface area contributed by atoms with E-state index in [1.54, 1.807) is 17.7 Å². The lowest BCUT2D eigenvalue weighted by Gasteiger charge is -2.19. The summed E-state index contributed by atoms with van der Waals surface area (Å²) in [5.41, 5.74) is 3.08. The van der Waals surface area contributed by atoms with Crippen LogP contribution in [0.2, 0.25) is 0 Å². The first-order valence-electron chi connectivity index (χ1n) is 8.11. The van der Waals surface area contributed by atoms with Crippen LogP contribution < -0.4 is 5.32 Å². The highest BCUT2D eigenvalue weighted by atomic mass is 32.2. The fourth-order valence-electron chi connectivity index (χ4n) is 2.37. The number of rotatable bonds is 4. The van der Waals surface area contributed by atoms with Crippen molar-refractivity contribution < 1.29 is 4.79 Å². The van der Waals surface area contributed by atoms with Gasteiger partial charge in [0.1, 0.15) is 11.4 Å². The van der Waals surface area contributed by atoms with Crippen molar-refractivity contribution in [3.05, 3.63) is 47.6 Å². The first-order chi connectivity index (χ1) is 11.8. The molecule has 3 rings (SSSR count). The summed E-state index contributed by atoms with van der Waals surface area (Å²) in [6.07, 6.45) is 1.55. The van der Waals surface area contributed by atoms with Crippen molar-refractivity contribution in [2.75, 3.05) is 5.32 Å². The van der Waals surface area contributed by atoms with E-state index in [2.05, 4.69) is 48.2 Å². The summed E-state index contributed by atoms with van der Waals surface area (Å²) in [5.74, 6) is -0.0307. The Hall–Kier alpha value is -1.92.